The third-order valence-corrected chi connectivity index (χ3v) is 1.51. The van der Waals surface area contributed by atoms with E-state index in [1.165, 1.54) is 32.1 Å². The van der Waals surface area contributed by atoms with Gasteiger partial charge in [0.1, 0.15) is 0 Å². The van der Waals surface area contributed by atoms with E-state index in [2.05, 4.69) is 26.0 Å². The zero-order chi connectivity index (χ0) is 7.66. The van der Waals surface area contributed by atoms with Crippen LogP contribution in [-0.2, 0) is 0 Å². The molecule has 0 aromatic rings. The Morgan fingerprint density at radius 2 is 1.70 bits per heavy atom. The molecule has 0 saturated carbocycles. The van der Waals surface area contributed by atoms with E-state index in [1.54, 1.807) is 0 Å². The lowest BCUT2D eigenvalue weighted by atomic mass is 10.2. The van der Waals surface area contributed by atoms with E-state index in [9.17, 15) is 0 Å². The highest BCUT2D eigenvalue weighted by atomic mass is 13.9. The van der Waals surface area contributed by atoms with Gasteiger partial charge in [-0.15, -0.1) is 0 Å². The molecule has 0 fully saturated rings. The van der Waals surface area contributed by atoms with Crippen molar-refractivity contribution in [3.63, 3.8) is 0 Å². The Morgan fingerprint density at radius 3 is 2.20 bits per heavy atom. The minimum Gasteiger partial charge on any atom is -0.0885 e. The van der Waals surface area contributed by atoms with Gasteiger partial charge in [0.15, 0.2) is 0 Å². The predicted molar refractivity (Wildman–Crippen MR) is 47.9 cm³/mol. The van der Waals surface area contributed by atoms with Crippen LogP contribution in [0.5, 0.6) is 0 Å². The van der Waals surface area contributed by atoms with E-state index in [-0.39, 0.29) is 0 Å². The summed E-state index contributed by atoms with van der Waals surface area (Å²) in [5.41, 5.74) is 0. The number of allylic oxidation sites excluding steroid dienone is 2. The van der Waals surface area contributed by atoms with Crippen LogP contribution in [0.15, 0.2) is 12.2 Å². The lowest BCUT2D eigenvalue weighted by Gasteiger charge is -1.89. The lowest BCUT2D eigenvalue weighted by molar-refractivity contribution is 0.805. The maximum atomic E-state index is 3.79. The van der Waals surface area contributed by atoms with Crippen molar-refractivity contribution >= 4 is 0 Å². The van der Waals surface area contributed by atoms with Crippen molar-refractivity contribution in [2.75, 3.05) is 0 Å². The highest BCUT2D eigenvalue weighted by Crippen LogP contribution is 1.99. The van der Waals surface area contributed by atoms with Crippen molar-refractivity contribution < 1.29 is 0 Å². The van der Waals surface area contributed by atoms with Gasteiger partial charge in [-0.25, -0.2) is 0 Å². The first-order valence-corrected chi connectivity index (χ1v) is 4.36. The summed E-state index contributed by atoms with van der Waals surface area (Å²) < 4.78 is 0. The topological polar surface area (TPSA) is 0 Å². The van der Waals surface area contributed by atoms with Crippen molar-refractivity contribution in [3.05, 3.63) is 19.1 Å². The molecule has 0 unspecified atom stereocenters. The van der Waals surface area contributed by atoms with Gasteiger partial charge >= 0.3 is 0 Å². The molecule has 0 atom stereocenters. The van der Waals surface area contributed by atoms with Gasteiger partial charge in [0.05, 0.1) is 0 Å². The third-order valence-electron chi connectivity index (χ3n) is 1.51. The molecule has 0 aromatic heterocycles. The van der Waals surface area contributed by atoms with Crippen molar-refractivity contribution in [2.45, 2.75) is 45.4 Å². The smallest absolute Gasteiger partial charge is 0.0351 e. The predicted octanol–water partition coefficient (Wildman–Crippen LogP) is 3.74. The van der Waals surface area contributed by atoms with E-state index < -0.39 is 0 Å². The molecule has 0 N–H and O–H groups in total. The van der Waals surface area contributed by atoms with Crippen LogP contribution in [0.2, 0.25) is 0 Å². The Labute approximate surface area is 65.3 Å². The van der Waals surface area contributed by atoms with E-state index >= 15 is 0 Å². The van der Waals surface area contributed by atoms with Crippen LogP contribution in [-0.4, -0.2) is 0 Å². The molecule has 0 spiro atoms. The number of unbranched alkanes of at least 4 members (excludes halogenated alkanes) is 4. The summed E-state index contributed by atoms with van der Waals surface area (Å²) in [5, 5.41) is 0. The molecule has 0 aliphatic rings. The zero-order valence-electron chi connectivity index (χ0n) is 7.10. The van der Waals surface area contributed by atoms with Gasteiger partial charge in [-0.05, 0) is 19.3 Å². The van der Waals surface area contributed by atoms with Crippen molar-refractivity contribution in [2.24, 2.45) is 0 Å². The van der Waals surface area contributed by atoms with Gasteiger partial charge in [-0.3, -0.25) is 0 Å². The summed E-state index contributed by atoms with van der Waals surface area (Å²) in [6.07, 6.45) is 12.0. The lowest BCUT2D eigenvalue weighted by Crippen LogP contribution is -1.69. The average Bonchev–Trinajstić information content (AvgIpc) is 1.97. The van der Waals surface area contributed by atoms with Gasteiger partial charge in [0, 0.05) is 0 Å². The van der Waals surface area contributed by atoms with Crippen molar-refractivity contribution in [1.82, 2.24) is 0 Å². The minimum absolute atomic E-state index is 1.07. The van der Waals surface area contributed by atoms with E-state index in [0.29, 0.717) is 0 Å². The zero-order valence-corrected chi connectivity index (χ0v) is 7.10. The molecule has 0 heteroatoms. The molecular formula is C10H19. The quantitative estimate of drug-likeness (QED) is 0.388. The van der Waals surface area contributed by atoms with Crippen molar-refractivity contribution in [1.29, 1.82) is 0 Å². The highest BCUT2D eigenvalue weighted by Gasteiger charge is 1.78. The molecule has 0 aliphatic heterocycles. The maximum absolute atomic E-state index is 3.79. The van der Waals surface area contributed by atoms with E-state index in [4.69, 9.17) is 0 Å². The fourth-order valence-corrected chi connectivity index (χ4v) is 0.820. The van der Waals surface area contributed by atoms with Crippen LogP contribution < -0.4 is 0 Å². The first-order chi connectivity index (χ1) is 4.91. The second-order valence-electron chi connectivity index (χ2n) is 2.61. The first-order valence-electron chi connectivity index (χ1n) is 4.36. The second-order valence-corrected chi connectivity index (χ2v) is 2.61. The summed E-state index contributed by atoms with van der Waals surface area (Å²) in [5.74, 6) is 0. The Kier molecular flexibility index (Phi) is 8.51. The molecule has 0 heterocycles. The fraction of sp³-hybridized carbons (Fsp3) is 0.700. The highest BCUT2D eigenvalue weighted by molar-refractivity contribution is 4.81. The second kappa shape index (κ2) is 8.74. The minimum atomic E-state index is 1.07. The van der Waals surface area contributed by atoms with E-state index in [0.717, 1.165) is 6.42 Å². The van der Waals surface area contributed by atoms with Crippen LogP contribution in [0, 0.1) is 6.92 Å². The Bertz CT molecular complexity index is 62.1. The summed E-state index contributed by atoms with van der Waals surface area (Å²) in [6, 6.07) is 0. The molecule has 0 amide bonds. The van der Waals surface area contributed by atoms with E-state index in [1.807, 2.05) is 0 Å². The van der Waals surface area contributed by atoms with Crippen molar-refractivity contribution in [3.8, 4) is 0 Å². The summed E-state index contributed by atoms with van der Waals surface area (Å²) in [7, 11) is 0. The molecule has 10 heavy (non-hydrogen) atoms. The SMILES string of the molecule is [CH2]CCC/C=C/CCCC. The van der Waals surface area contributed by atoms with Crippen LogP contribution in [0.1, 0.15) is 45.4 Å². The Balaban J connectivity index is 2.89. The van der Waals surface area contributed by atoms with Gasteiger partial charge in [-0.2, -0.15) is 0 Å². The van der Waals surface area contributed by atoms with Gasteiger partial charge in [0.25, 0.3) is 0 Å². The molecule has 0 saturated heterocycles. The van der Waals surface area contributed by atoms with Crippen LogP contribution in [0.3, 0.4) is 0 Å². The monoisotopic (exact) mass is 139 g/mol. The number of hydrogen-bond acceptors (Lipinski definition) is 0. The van der Waals surface area contributed by atoms with Crippen LogP contribution in [0.4, 0.5) is 0 Å². The normalized spacial score (nSPS) is 11.0. The maximum Gasteiger partial charge on any atom is -0.0351 e. The molecule has 0 nitrogen and oxygen atoms in total. The van der Waals surface area contributed by atoms with Crippen LogP contribution >= 0.6 is 0 Å². The van der Waals surface area contributed by atoms with Gasteiger partial charge in [-0.1, -0.05) is 45.3 Å². The third kappa shape index (κ3) is 7.74. The Hall–Kier alpha value is -0.260. The largest absolute Gasteiger partial charge is 0.0885 e. The molecule has 0 bridgehead atoms. The molecular weight excluding hydrogens is 120 g/mol. The summed E-state index contributed by atoms with van der Waals surface area (Å²) >= 11 is 0. The molecule has 59 valence electrons. The van der Waals surface area contributed by atoms with Gasteiger partial charge < -0.3 is 0 Å². The van der Waals surface area contributed by atoms with Crippen LogP contribution in [0.25, 0.3) is 0 Å². The number of rotatable bonds is 6. The van der Waals surface area contributed by atoms with Gasteiger partial charge in [0.2, 0.25) is 0 Å². The number of hydrogen-bond donors (Lipinski definition) is 0. The fourth-order valence-electron chi connectivity index (χ4n) is 0.820. The molecule has 0 aliphatic carbocycles. The standard InChI is InChI=1S/C10H19/c1-3-5-7-9-10-8-6-4-2/h9-10H,1,3-8H2,2H3/b10-9+. The average molecular weight is 139 g/mol. The molecule has 0 rings (SSSR count). The summed E-state index contributed by atoms with van der Waals surface area (Å²) in [6.45, 7) is 6.01. The summed E-state index contributed by atoms with van der Waals surface area (Å²) in [4.78, 5) is 0. The molecule has 1 radical (unpaired) electrons. The first kappa shape index (κ1) is 9.74. The Morgan fingerprint density at radius 1 is 1.10 bits per heavy atom. The molecule has 0 aromatic carbocycles.